The molecule has 5 heteroatoms. The van der Waals surface area contributed by atoms with Crippen LogP contribution in [-0.4, -0.2) is 19.9 Å². The van der Waals surface area contributed by atoms with Gasteiger partial charge in [0.1, 0.15) is 22.8 Å². The number of aromatic nitrogens is 4. The van der Waals surface area contributed by atoms with E-state index < -0.39 is 19.1 Å². The number of hydrogen-bond donors (Lipinski definition) is 0. The van der Waals surface area contributed by atoms with Gasteiger partial charge in [-0.3, -0.25) is 4.98 Å². The number of hydrogen-bond acceptors (Lipinski definition) is 5. The van der Waals surface area contributed by atoms with E-state index in [0.717, 1.165) is 16.3 Å². The van der Waals surface area contributed by atoms with E-state index in [1.807, 2.05) is 57.2 Å². The molecule has 0 saturated heterocycles. The van der Waals surface area contributed by atoms with Gasteiger partial charge in [0, 0.05) is 47.2 Å². The number of pyridine rings is 1. The topological polar surface area (TPSA) is 64.7 Å². The zero-order chi connectivity index (χ0) is 38.3. The molecule has 230 valence electrons. The number of furan rings is 1. The van der Waals surface area contributed by atoms with Crippen LogP contribution in [0.1, 0.15) is 100 Å². The van der Waals surface area contributed by atoms with Crippen LogP contribution in [0.4, 0.5) is 0 Å². The third kappa shape index (κ3) is 5.77. The van der Waals surface area contributed by atoms with Crippen molar-refractivity contribution in [3.05, 3.63) is 95.2 Å². The summed E-state index contributed by atoms with van der Waals surface area (Å²) in [6.45, 7) is 13.0. The van der Waals surface area contributed by atoms with Crippen molar-refractivity contribution in [2.45, 2.75) is 92.3 Å². The fourth-order valence-corrected chi connectivity index (χ4v) is 5.28. The van der Waals surface area contributed by atoms with Crippen molar-refractivity contribution in [1.29, 1.82) is 0 Å². The number of benzene rings is 3. The quantitative estimate of drug-likeness (QED) is 0.201. The summed E-state index contributed by atoms with van der Waals surface area (Å²) in [6, 6.07) is 16.2. The molecule has 0 saturated carbocycles. The van der Waals surface area contributed by atoms with Crippen molar-refractivity contribution in [2.24, 2.45) is 0 Å². The van der Waals surface area contributed by atoms with E-state index in [2.05, 4.69) is 46.5 Å². The molecule has 0 bridgehead atoms. The van der Waals surface area contributed by atoms with Crippen LogP contribution >= 0.6 is 0 Å². The lowest BCUT2D eigenvalue weighted by Crippen LogP contribution is -2.24. The second kappa shape index (κ2) is 10.6. The molecule has 0 radical (unpaired) electrons. The number of rotatable bonds is 3. The van der Waals surface area contributed by atoms with Crippen LogP contribution in [0, 0.1) is 13.7 Å². The zero-order valence-electron chi connectivity index (χ0n) is 34.5. The Morgan fingerprint density at radius 3 is 2.02 bits per heavy atom. The highest BCUT2D eigenvalue weighted by atomic mass is 16.3. The fourth-order valence-electron chi connectivity index (χ4n) is 5.28. The van der Waals surface area contributed by atoms with Gasteiger partial charge in [0.15, 0.2) is 5.82 Å². The maximum absolute atomic E-state index is 9.03. The second-order valence-corrected chi connectivity index (χ2v) is 14.8. The van der Waals surface area contributed by atoms with Gasteiger partial charge in [-0.15, -0.1) is 0 Å². The molecular formula is C40H44N4O. The molecule has 3 aromatic heterocycles. The highest BCUT2D eigenvalue weighted by Crippen LogP contribution is 2.39. The summed E-state index contributed by atoms with van der Waals surface area (Å²) in [7, 11) is 0. The SMILES string of the molecule is [2H]c1cc(C(C)(C)C)cc(C([2H])([2H])[2H])c1-c1cc(-c2cccc3c2oc2cc(-c4nc(C(C)(C)C)nc(C(C)(C)C)n4)ccc23)ncc1C([2H])([2H])[2H]. The van der Waals surface area contributed by atoms with Crippen molar-refractivity contribution >= 4 is 21.9 Å². The first-order valence-electron chi connectivity index (χ1n) is 18.7. The van der Waals surface area contributed by atoms with Gasteiger partial charge in [0.2, 0.25) is 0 Å². The van der Waals surface area contributed by atoms with Crippen molar-refractivity contribution in [2.75, 3.05) is 0 Å². The van der Waals surface area contributed by atoms with E-state index in [1.165, 1.54) is 6.20 Å². The summed E-state index contributed by atoms with van der Waals surface area (Å²) in [4.78, 5) is 19.1. The van der Waals surface area contributed by atoms with E-state index in [0.29, 0.717) is 45.5 Å². The molecule has 6 aromatic rings. The first kappa shape index (κ1) is 23.0. The normalized spacial score (nSPS) is 15.6. The predicted molar refractivity (Wildman–Crippen MR) is 187 cm³/mol. The summed E-state index contributed by atoms with van der Waals surface area (Å²) >= 11 is 0. The Morgan fingerprint density at radius 1 is 0.667 bits per heavy atom. The standard InChI is InChI=1S/C40H44N4O/c1-23-19-26(38(3,4)5)16-18-27(23)31-21-32(41-22-24(31)2)30-14-12-13-29-28-17-15-25(20-33(28)45-34(29)30)35-42-36(39(6,7)8)44-37(43-35)40(9,10)11/h12-22H,1-11H3/i1D3,2D3,18D. The predicted octanol–water partition coefficient (Wildman–Crippen LogP) is 10.7. The second-order valence-electron chi connectivity index (χ2n) is 14.8. The number of fused-ring (bicyclic) bond motifs is 3. The van der Waals surface area contributed by atoms with Gasteiger partial charge in [-0.25, -0.2) is 15.0 Å². The monoisotopic (exact) mass is 603 g/mol. The van der Waals surface area contributed by atoms with Crippen LogP contribution in [0.15, 0.2) is 71.3 Å². The van der Waals surface area contributed by atoms with Gasteiger partial charge in [0.25, 0.3) is 0 Å². The number of para-hydroxylation sites is 1. The Bertz CT molecular complexity index is 2320. The molecule has 0 fully saturated rings. The first-order valence-corrected chi connectivity index (χ1v) is 15.2. The molecule has 0 spiro atoms. The molecule has 0 unspecified atom stereocenters. The molecule has 0 amide bonds. The molecule has 45 heavy (non-hydrogen) atoms. The minimum atomic E-state index is -2.63. The molecule has 0 aliphatic carbocycles. The Morgan fingerprint density at radius 2 is 1.38 bits per heavy atom. The number of nitrogens with zero attached hydrogens (tertiary/aromatic N) is 4. The van der Waals surface area contributed by atoms with Crippen molar-refractivity contribution in [1.82, 2.24) is 19.9 Å². The maximum atomic E-state index is 9.03. The Hall–Kier alpha value is -4.38. The zero-order valence-corrected chi connectivity index (χ0v) is 27.5. The van der Waals surface area contributed by atoms with Crippen LogP contribution in [-0.2, 0) is 16.2 Å². The summed E-state index contributed by atoms with van der Waals surface area (Å²) in [5.74, 6) is 1.94. The van der Waals surface area contributed by atoms with Crippen LogP contribution in [0.2, 0.25) is 0 Å². The number of aryl methyl sites for hydroxylation is 2. The minimum Gasteiger partial charge on any atom is -0.455 e. The summed E-state index contributed by atoms with van der Waals surface area (Å²) in [5.41, 5.74) is 2.47. The van der Waals surface area contributed by atoms with Gasteiger partial charge < -0.3 is 4.42 Å². The molecular weight excluding hydrogens is 552 g/mol. The maximum Gasteiger partial charge on any atom is 0.163 e. The molecule has 0 aliphatic heterocycles. The third-order valence-corrected chi connectivity index (χ3v) is 7.99. The van der Waals surface area contributed by atoms with E-state index in [1.54, 1.807) is 18.2 Å². The van der Waals surface area contributed by atoms with Gasteiger partial charge in [-0.1, -0.05) is 98.7 Å². The van der Waals surface area contributed by atoms with Crippen molar-refractivity contribution in [3.8, 4) is 33.8 Å². The molecule has 0 atom stereocenters. The molecule has 5 nitrogen and oxygen atoms in total. The van der Waals surface area contributed by atoms with Gasteiger partial charge >= 0.3 is 0 Å². The van der Waals surface area contributed by atoms with Gasteiger partial charge in [0.05, 0.1) is 7.06 Å². The lowest BCUT2D eigenvalue weighted by molar-refractivity contribution is 0.497. The lowest BCUT2D eigenvalue weighted by atomic mass is 9.84. The highest BCUT2D eigenvalue weighted by molar-refractivity contribution is 6.10. The summed E-state index contributed by atoms with van der Waals surface area (Å²) < 4.78 is 65.8. The van der Waals surface area contributed by atoms with Crippen LogP contribution in [0.5, 0.6) is 0 Å². The summed E-state index contributed by atoms with van der Waals surface area (Å²) in [5, 5.41) is 1.68. The van der Waals surface area contributed by atoms with E-state index in [9.17, 15) is 0 Å². The van der Waals surface area contributed by atoms with E-state index >= 15 is 0 Å². The van der Waals surface area contributed by atoms with Crippen molar-refractivity contribution < 1.29 is 14.0 Å². The van der Waals surface area contributed by atoms with Crippen LogP contribution < -0.4 is 0 Å². The molecule has 3 heterocycles. The Labute approximate surface area is 277 Å². The minimum absolute atomic E-state index is 0.0470. The van der Waals surface area contributed by atoms with E-state index in [-0.39, 0.29) is 39.1 Å². The smallest absolute Gasteiger partial charge is 0.163 e. The average molecular weight is 604 g/mol. The highest BCUT2D eigenvalue weighted by Gasteiger charge is 2.26. The first-order chi connectivity index (χ1) is 23.8. The molecule has 0 aliphatic rings. The van der Waals surface area contributed by atoms with Crippen LogP contribution in [0.3, 0.4) is 0 Å². The largest absolute Gasteiger partial charge is 0.455 e. The van der Waals surface area contributed by atoms with E-state index in [4.69, 9.17) is 29.0 Å². The van der Waals surface area contributed by atoms with Crippen molar-refractivity contribution in [3.63, 3.8) is 0 Å². The average Bonchev–Trinajstić information content (AvgIpc) is 3.40. The van der Waals surface area contributed by atoms with Crippen LogP contribution in [0.25, 0.3) is 55.7 Å². The molecule has 0 N–H and O–H groups in total. The molecule has 3 aromatic carbocycles. The fraction of sp³-hybridized carbons (Fsp3) is 0.350. The third-order valence-electron chi connectivity index (χ3n) is 7.99. The Kier molecular flexibility index (Phi) is 5.43. The summed E-state index contributed by atoms with van der Waals surface area (Å²) in [6.07, 6.45) is 1.26. The molecule has 6 rings (SSSR count). The lowest BCUT2D eigenvalue weighted by Gasteiger charge is -2.22. The Balaban J connectivity index is 1.56. The van der Waals surface area contributed by atoms with Gasteiger partial charge in [-0.2, -0.15) is 0 Å². The van der Waals surface area contributed by atoms with Gasteiger partial charge in [-0.05, 0) is 71.2 Å².